The van der Waals surface area contributed by atoms with Gasteiger partial charge < -0.3 is 9.30 Å². The molecule has 0 spiro atoms. The fourth-order valence-electron chi connectivity index (χ4n) is 2.71. The maximum Gasteiger partial charge on any atom is 0.191 e. The molecule has 0 radical (unpaired) electrons. The molecule has 0 amide bonds. The first-order chi connectivity index (χ1) is 12.9. The molecule has 4 nitrogen and oxygen atoms in total. The molecule has 0 aliphatic heterocycles. The highest BCUT2D eigenvalue weighted by Gasteiger charge is 2.13. The summed E-state index contributed by atoms with van der Waals surface area (Å²) in [5.74, 6) is 2.96. The van der Waals surface area contributed by atoms with E-state index in [4.69, 9.17) is 16.3 Å². The van der Waals surface area contributed by atoms with Gasteiger partial charge in [-0.05, 0) is 47.7 Å². The van der Waals surface area contributed by atoms with Crippen LogP contribution in [0.25, 0.3) is 0 Å². The largest absolute Gasteiger partial charge is 0.485 e. The van der Waals surface area contributed by atoms with E-state index in [9.17, 15) is 0 Å². The maximum atomic E-state index is 6.09. The SMILES string of the molecule is Cc1ccc(C(C)C)c(OCc2nnc(SCc3ccc(Cl)cc3)n2C)c1. The van der Waals surface area contributed by atoms with Gasteiger partial charge in [-0.15, -0.1) is 10.2 Å². The molecule has 0 fully saturated rings. The molecule has 3 aromatic rings. The highest BCUT2D eigenvalue weighted by molar-refractivity contribution is 7.98. The Hall–Kier alpha value is -1.98. The number of thioether (sulfide) groups is 1. The summed E-state index contributed by atoms with van der Waals surface area (Å²) < 4.78 is 8.08. The van der Waals surface area contributed by atoms with Crippen LogP contribution in [-0.4, -0.2) is 14.8 Å². The van der Waals surface area contributed by atoms with Crippen molar-refractivity contribution in [2.75, 3.05) is 0 Å². The van der Waals surface area contributed by atoms with Crippen molar-refractivity contribution in [1.82, 2.24) is 14.8 Å². The lowest BCUT2D eigenvalue weighted by molar-refractivity contribution is 0.286. The maximum absolute atomic E-state index is 6.09. The molecular formula is C21H24ClN3OS. The molecule has 3 rings (SSSR count). The van der Waals surface area contributed by atoms with Crippen LogP contribution in [0.15, 0.2) is 47.6 Å². The second kappa shape index (κ2) is 8.81. The lowest BCUT2D eigenvalue weighted by Gasteiger charge is -2.14. The van der Waals surface area contributed by atoms with Crippen LogP contribution in [0.2, 0.25) is 5.02 Å². The van der Waals surface area contributed by atoms with E-state index >= 15 is 0 Å². The Balaban J connectivity index is 1.65. The van der Waals surface area contributed by atoms with E-state index in [1.165, 1.54) is 16.7 Å². The summed E-state index contributed by atoms with van der Waals surface area (Å²) in [6.07, 6.45) is 0. The Bertz CT molecular complexity index is 906. The topological polar surface area (TPSA) is 39.9 Å². The number of aryl methyl sites for hydroxylation is 1. The van der Waals surface area contributed by atoms with Crippen molar-refractivity contribution in [3.8, 4) is 5.75 Å². The third-order valence-corrected chi connectivity index (χ3v) is 5.70. The second-order valence-corrected chi connectivity index (χ2v) is 8.24. The minimum atomic E-state index is 0.397. The van der Waals surface area contributed by atoms with Crippen LogP contribution in [-0.2, 0) is 19.4 Å². The molecule has 0 aliphatic rings. The van der Waals surface area contributed by atoms with Gasteiger partial charge >= 0.3 is 0 Å². The van der Waals surface area contributed by atoms with Crippen molar-refractivity contribution in [3.05, 3.63) is 70.0 Å². The Morgan fingerprint density at radius 1 is 1.11 bits per heavy atom. The van der Waals surface area contributed by atoms with Crippen molar-refractivity contribution >= 4 is 23.4 Å². The van der Waals surface area contributed by atoms with E-state index in [1.807, 2.05) is 35.9 Å². The molecule has 0 aliphatic carbocycles. The zero-order valence-electron chi connectivity index (χ0n) is 16.1. The second-order valence-electron chi connectivity index (χ2n) is 6.86. The predicted octanol–water partition coefficient (Wildman–Crippen LogP) is 5.77. The average molecular weight is 402 g/mol. The molecule has 0 unspecified atom stereocenters. The van der Waals surface area contributed by atoms with Gasteiger partial charge in [-0.2, -0.15) is 0 Å². The van der Waals surface area contributed by atoms with Crippen LogP contribution in [0.3, 0.4) is 0 Å². The number of rotatable bonds is 7. The van der Waals surface area contributed by atoms with Gasteiger partial charge in [0.05, 0.1) is 0 Å². The Morgan fingerprint density at radius 3 is 2.56 bits per heavy atom. The van der Waals surface area contributed by atoms with E-state index in [0.29, 0.717) is 12.5 Å². The van der Waals surface area contributed by atoms with E-state index in [1.54, 1.807) is 11.8 Å². The Morgan fingerprint density at radius 2 is 1.85 bits per heavy atom. The van der Waals surface area contributed by atoms with Crippen LogP contribution in [0.1, 0.15) is 42.3 Å². The van der Waals surface area contributed by atoms with Crippen molar-refractivity contribution in [3.63, 3.8) is 0 Å². The summed E-state index contributed by atoms with van der Waals surface area (Å²) in [4.78, 5) is 0. The van der Waals surface area contributed by atoms with E-state index in [2.05, 4.69) is 49.2 Å². The minimum Gasteiger partial charge on any atom is -0.485 e. The van der Waals surface area contributed by atoms with E-state index in [-0.39, 0.29) is 0 Å². The van der Waals surface area contributed by atoms with Gasteiger partial charge in [0.2, 0.25) is 0 Å². The van der Waals surface area contributed by atoms with Gasteiger partial charge in [-0.25, -0.2) is 0 Å². The average Bonchev–Trinajstić information content (AvgIpc) is 2.99. The van der Waals surface area contributed by atoms with Gasteiger partial charge in [-0.3, -0.25) is 0 Å². The highest BCUT2D eigenvalue weighted by Crippen LogP contribution is 2.28. The Kier molecular flexibility index (Phi) is 6.45. The van der Waals surface area contributed by atoms with Gasteiger partial charge in [0.25, 0.3) is 0 Å². The smallest absolute Gasteiger partial charge is 0.191 e. The lowest BCUT2D eigenvalue weighted by Crippen LogP contribution is -2.06. The van der Waals surface area contributed by atoms with Crippen LogP contribution in [0.4, 0.5) is 0 Å². The Labute approximate surface area is 169 Å². The van der Waals surface area contributed by atoms with Gasteiger partial charge in [0.15, 0.2) is 11.0 Å². The van der Waals surface area contributed by atoms with Crippen molar-refractivity contribution in [2.24, 2.45) is 7.05 Å². The number of nitrogens with zero attached hydrogens (tertiary/aromatic N) is 3. The molecule has 142 valence electrons. The van der Waals surface area contributed by atoms with E-state index < -0.39 is 0 Å². The molecule has 6 heteroatoms. The van der Waals surface area contributed by atoms with Gasteiger partial charge in [0, 0.05) is 17.8 Å². The van der Waals surface area contributed by atoms with Gasteiger partial charge in [-0.1, -0.05) is 61.5 Å². The van der Waals surface area contributed by atoms with Crippen LogP contribution in [0.5, 0.6) is 5.75 Å². The summed E-state index contributed by atoms with van der Waals surface area (Å²) >= 11 is 7.59. The molecule has 2 aromatic carbocycles. The molecule has 1 heterocycles. The van der Waals surface area contributed by atoms with E-state index in [0.717, 1.165) is 27.5 Å². The van der Waals surface area contributed by atoms with Crippen LogP contribution in [0, 0.1) is 6.92 Å². The van der Waals surface area contributed by atoms with Crippen LogP contribution >= 0.6 is 23.4 Å². The summed E-state index contributed by atoms with van der Waals surface area (Å²) in [6, 6.07) is 14.2. The third-order valence-electron chi connectivity index (χ3n) is 4.35. The third kappa shape index (κ3) is 5.05. The fourth-order valence-corrected chi connectivity index (χ4v) is 3.72. The number of benzene rings is 2. The monoisotopic (exact) mass is 401 g/mol. The quantitative estimate of drug-likeness (QED) is 0.471. The highest BCUT2D eigenvalue weighted by atomic mass is 35.5. The normalized spacial score (nSPS) is 11.2. The van der Waals surface area contributed by atoms with Gasteiger partial charge in [0.1, 0.15) is 12.4 Å². The molecule has 0 saturated carbocycles. The molecule has 0 bridgehead atoms. The minimum absolute atomic E-state index is 0.397. The van der Waals surface area contributed by atoms with Crippen molar-refractivity contribution in [2.45, 2.75) is 44.2 Å². The first-order valence-electron chi connectivity index (χ1n) is 8.93. The van der Waals surface area contributed by atoms with Crippen molar-refractivity contribution in [1.29, 1.82) is 0 Å². The summed E-state index contributed by atoms with van der Waals surface area (Å²) in [5.41, 5.74) is 3.60. The predicted molar refractivity (Wildman–Crippen MR) is 112 cm³/mol. The fraction of sp³-hybridized carbons (Fsp3) is 0.333. The van der Waals surface area contributed by atoms with Crippen molar-refractivity contribution < 1.29 is 4.74 Å². The number of aromatic nitrogens is 3. The molecule has 27 heavy (non-hydrogen) atoms. The molecule has 0 N–H and O–H groups in total. The number of hydrogen-bond donors (Lipinski definition) is 0. The first kappa shape index (κ1) is 19.8. The summed E-state index contributed by atoms with van der Waals surface area (Å²) in [7, 11) is 1.97. The lowest BCUT2D eigenvalue weighted by atomic mass is 10.0. The summed E-state index contributed by atoms with van der Waals surface area (Å²) in [5, 5.41) is 10.2. The molecule has 0 saturated heterocycles. The standard InChI is InChI=1S/C21H24ClN3OS/c1-14(2)18-10-5-15(3)11-19(18)26-12-20-23-24-21(25(20)4)27-13-16-6-8-17(22)9-7-16/h5-11,14H,12-13H2,1-4H3. The summed E-state index contributed by atoms with van der Waals surface area (Å²) in [6.45, 7) is 6.82. The number of halogens is 1. The number of ether oxygens (including phenoxy) is 1. The zero-order valence-corrected chi connectivity index (χ0v) is 17.6. The first-order valence-corrected chi connectivity index (χ1v) is 10.3. The molecular weight excluding hydrogens is 378 g/mol. The number of hydrogen-bond acceptors (Lipinski definition) is 4. The zero-order chi connectivity index (χ0) is 19.4. The van der Waals surface area contributed by atoms with Crippen LogP contribution < -0.4 is 4.74 Å². The molecule has 0 atom stereocenters. The molecule has 1 aromatic heterocycles.